The average molecular weight is 286 g/mol. The van der Waals surface area contributed by atoms with Crippen LogP contribution in [0.5, 0.6) is 0 Å². The predicted octanol–water partition coefficient (Wildman–Crippen LogP) is 0.943. The van der Waals surface area contributed by atoms with Gasteiger partial charge in [-0.25, -0.2) is 9.97 Å². The lowest BCUT2D eigenvalue weighted by Crippen LogP contribution is -2.16. The molecule has 0 saturated heterocycles. The van der Waals surface area contributed by atoms with Crippen molar-refractivity contribution in [1.82, 2.24) is 25.1 Å². The summed E-state index contributed by atoms with van der Waals surface area (Å²) >= 11 is 0. The minimum atomic E-state index is 0.922. The van der Waals surface area contributed by atoms with E-state index in [9.17, 15) is 0 Å². The largest absolute Gasteiger partial charge is 0.370 e. The fourth-order valence-electron chi connectivity index (χ4n) is 2.72. The Hall–Kier alpha value is -1.95. The molecule has 2 aromatic heterocycles. The SMILES string of the molecule is Cn1cc(CCCNc2ncnc3c2CCNCC3)cn1. The molecular formula is C15H22N6. The Kier molecular flexibility index (Phi) is 4.45. The first-order chi connectivity index (χ1) is 10.3. The lowest BCUT2D eigenvalue weighted by atomic mass is 10.1. The fourth-order valence-corrected chi connectivity index (χ4v) is 2.72. The van der Waals surface area contributed by atoms with Gasteiger partial charge in [-0.1, -0.05) is 0 Å². The second-order valence-corrected chi connectivity index (χ2v) is 5.45. The van der Waals surface area contributed by atoms with Gasteiger partial charge in [-0.05, 0) is 31.4 Å². The van der Waals surface area contributed by atoms with Crippen molar-refractivity contribution in [2.24, 2.45) is 7.05 Å². The molecule has 6 nitrogen and oxygen atoms in total. The van der Waals surface area contributed by atoms with Crippen molar-refractivity contribution in [3.63, 3.8) is 0 Å². The number of aryl methyl sites for hydroxylation is 2. The third-order valence-electron chi connectivity index (χ3n) is 3.82. The van der Waals surface area contributed by atoms with Gasteiger partial charge in [0, 0.05) is 38.3 Å². The van der Waals surface area contributed by atoms with Gasteiger partial charge in [0.25, 0.3) is 0 Å². The zero-order valence-corrected chi connectivity index (χ0v) is 12.5. The van der Waals surface area contributed by atoms with E-state index in [1.54, 1.807) is 6.33 Å². The van der Waals surface area contributed by atoms with Gasteiger partial charge < -0.3 is 10.6 Å². The zero-order valence-electron chi connectivity index (χ0n) is 12.5. The fraction of sp³-hybridized carbons (Fsp3) is 0.533. The van der Waals surface area contributed by atoms with Gasteiger partial charge in [0.15, 0.2) is 0 Å². The lowest BCUT2D eigenvalue weighted by molar-refractivity contribution is 0.708. The van der Waals surface area contributed by atoms with Crippen LogP contribution in [-0.2, 0) is 26.3 Å². The smallest absolute Gasteiger partial charge is 0.132 e. The van der Waals surface area contributed by atoms with Crippen molar-refractivity contribution < 1.29 is 0 Å². The number of anilines is 1. The molecule has 0 atom stereocenters. The Balaban J connectivity index is 1.55. The van der Waals surface area contributed by atoms with Crippen LogP contribution in [0.1, 0.15) is 23.2 Å². The monoisotopic (exact) mass is 286 g/mol. The van der Waals surface area contributed by atoms with Gasteiger partial charge in [0.2, 0.25) is 0 Å². The van der Waals surface area contributed by atoms with E-state index >= 15 is 0 Å². The molecule has 3 heterocycles. The molecule has 0 aromatic carbocycles. The highest BCUT2D eigenvalue weighted by Crippen LogP contribution is 2.18. The summed E-state index contributed by atoms with van der Waals surface area (Å²) in [4.78, 5) is 8.83. The summed E-state index contributed by atoms with van der Waals surface area (Å²) in [6.45, 7) is 2.93. The van der Waals surface area contributed by atoms with Crippen LogP contribution in [-0.4, -0.2) is 39.4 Å². The standard InChI is InChI=1S/C15H22N6/c1-21-10-12(9-20-21)3-2-6-17-15-13-4-7-16-8-5-14(13)18-11-19-15/h9-11,16H,2-8H2,1H3,(H,17,18,19). The molecule has 2 aromatic rings. The summed E-state index contributed by atoms with van der Waals surface area (Å²) in [6, 6.07) is 0. The van der Waals surface area contributed by atoms with Crippen molar-refractivity contribution in [2.45, 2.75) is 25.7 Å². The summed E-state index contributed by atoms with van der Waals surface area (Å²) in [7, 11) is 1.95. The van der Waals surface area contributed by atoms with Gasteiger partial charge in [-0.2, -0.15) is 5.10 Å². The third-order valence-corrected chi connectivity index (χ3v) is 3.82. The minimum absolute atomic E-state index is 0.922. The van der Waals surface area contributed by atoms with Gasteiger partial charge in [0.05, 0.1) is 11.9 Å². The number of nitrogens with one attached hydrogen (secondary N) is 2. The Morgan fingerprint density at radius 2 is 2.19 bits per heavy atom. The molecule has 0 unspecified atom stereocenters. The van der Waals surface area contributed by atoms with Crippen LogP contribution in [0, 0.1) is 0 Å². The van der Waals surface area contributed by atoms with Crippen LogP contribution >= 0.6 is 0 Å². The molecule has 0 bridgehead atoms. The van der Waals surface area contributed by atoms with Crippen LogP contribution in [0.4, 0.5) is 5.82 Å². The van der Waals surface area contributed by atoms with Crippen LogP contribution in [0.25, 0.3) is 0 Å². The molecule has 2 N–H and O–H groups in total. The first-order valence-corrected chi connectivity index (χ1v) is 7.58. The molecule has 0 saturated carbocycles. The molecule has 0 spiro atoms. The molecule has 21 heavy (non-hydrogen) atoms. The highest BCUT2D eigenvalue weighted by atomic mass is 15.2. The second kappa shape index (κ2) is 6.67. The molecule has 3 rings (SSSR count). The number of aromatic nitrogens is 4. The Morgan fingerprint density at radius 1 is 1.29 bits per heavy atom. The maximum atomic E-state index is 4.42. The summed E-state index contributed by atoms with van der Waals surface area (Å²) < 4.78 is 1.85. The number of nitrogens with zero attached hydrogens (tertiary/aromatic N) is 4. The minimum Gasteiger partial charge on any atom is -0.370 e. The van der Waals surface area contributed by atoms with Gasteiger partial charge >= 0.3 is 0 Å². The summed E-state index contributed by atoms with van der Waals surface area (Å²) in [6.07, 6.45) is 9.78. The van der Waals surface area contributed by atoms with Crippen molar-refractivity contribution in [1.29, 1.82) is 0 Å². The Labute approximate surface area is 125 Å². The second-order valence-electron chi connectivity index (χ2n) is 5.45. The van der Waals surface area contributed by atoms with E-state index in [1.807, 2.05) is 17.9 Å². The van der Waals surface area contributed by atoms with Crippen LogP contribution in [0.15, 0.2) is 18.7 Å². The van der Waals surface area contributed by atoms with E-state index < -0.39 is 0 Å². The van der Waals surface area contributed by atoms with E-state index in [0.29, 0.717) is 0 Å². The molecular weight excluding hydrogens is 264 g/mol. The van der Waals surface area contributed by atoms with Crippen molar-refractivity contribution >= 4 is 5.82 Å². The lowest BCUT2D eigenvalue weighted by Gasteiger charge is -2.11. The highest BCUT2D eigenvalue weighted by molar-refractivity contribution is 5.46. The maximum Gasteiger partial charge on any atom is 0.132 e. The summed E-state index contributed by atoms with van der Waals surface area (Å²) in [5.41, 5.74) is 3.75. The topological polar surface area (TPSA) is 67.7 Å². The zero-order chi connectivity index (χ0) is 14.5. The molecule has 6 heteroatoms. The number of hydrogen-bond acceptors (Lipinski definition) is 5. The molecule has 0 radical (unpaired) electrons. The van der Waals surface area contributed by atoms with Crippen LogP contribution in [0.3, 0.4) is 0 Å². The first kappa shape index (κ1) is 14.0. The van der Waals surface area contributed by atoms with Gasteiger partial charge in [-0.3, -0.25) is 4.68 Å². The van der Waals surface area contributed by atoms with Crippen molar-refractivity contribution in [3.05, 3.63) is 35.5 Å². The van der Waals surface area contributed by atoms with E-state index in [0.717, 1.165) is 51.1 Å². The van der Waals surface area contributed by atoms with Crippen molar-refractivity contribution in [3.8, 4) is 0 Å². The molecule has 1 aliphatic heterocycles. The first-order valence-electron chi connectivity index (χ1n) is 7.58. The molecule has 0 amide bonds. The van der Waals surface area contributed by atoms with Gasteiger partial charge in [0.1, 0.15) is 12.1 Å². The normalized spacial score (nSPS) is 14.5. The van der Waals surface area contributed by atoms with E-state index in [1.165, 1.54) is 16.8 Å². The quantitative estimate of drug-likeness (QED) is 0.801. The Bertz CT molecular complexity index is 592. The highest BCUT2D eigenvalue weighted by Gasteiger charge is 2.13. The molecule has 0 fully saturated rings. The van der Waals surface area contributed by atoms with Crippen LogP contribution < -0.4 is 10.6 Å². The van der Waals surface area contributed by atoms with Crippen LogP contribution in [0.2, 0.25) is 0 Å². The van der Waals surface area contributed by atoms with Crippen molar-refractivity contribution in [2.75, 3.05) is 25.0 Å². The number of rotatable bonds is 5. The van der Waals surface area contributed by atoms with E-state index in [-0.39, 0.29) is 0 Å². The maximum absolute atomic E-state index is 4.42. The molecule has 112 valence electrons. The predicted molar refractivity (Wildman–Crippen MR) is 82.3 cm³/mol. The van der Waals surface area contributed by atoms with E-state index in [2.05, 4.69) is 31.9 Å². The Morgan fingerprint density at radius 3 is 3.05 bits per heavy atom. The third kappa shape index (κ3) is 3.58. The molecule has 0 aliphatic carbocycles. The van der Waals surface area contributed by atoms with Gasteiger partial charge in [-0.15, -0.1) is 0 Å². The summed E-state index contributed by atoms with van der Waals surface area (Å²) in [5.74, 6) is 1.01. The summed E-state index contributed by atoms with van der Waals surface area (Å²) in [5, 5.41) is 11.1. The average Bonchev–Trinajstić information content (AvgIpc) is 2.75. The number of fused-ring (bicyclic) bond motifs is 1. The number of hydrogen-bond donors (Lipinski definition) is 2. The van der Waals surface area contributed by atoms with E-state index in [4.69, 9.17) is 0 Å². The molecule has 1 aliphatic rings.